The molecule has 0 aliphatic heterocycles. The van der Waals surface area contributed by atoms with Crippen molar-refractivity contribution in [3.8, 4) is 0 Å². The molecule has 0 heterocycles. The normalized spacial score (nSPS) is 29.5. The number of amides is 2. The molecule has 5 nitrogen and oxygen atoms in total. The van der Waals surface area contributed by atoms with Crippen LogP contribution < -0.4 is 10.6 Å². The molecule has 2 aromatic rings. The van der Waals surface area contributed by atoms with E-state index in [2.05, 4.69) is 95.0 Å². The van der Waals surface area contributed by atoms with Gasteiger partial charge in [-0.25, -0.2) is 4.79 Å². The summed E-state index contributed by atoms with van der Waals surface area (Å²) in [7, 11) is 0. The largest absolute Gasteiger partial charge is 0.351 e. The summed E-state index contributed by atoms with van der Waals surface area (Å²) in [4.78, 5) is 25.1. The number of fused-ring (bicyclic) bond motifs is 4. The maximum Gasteiger partial charge on any atom is 0.319 e. The van der Waals surface area contributed by atoms with Crippen molar-refractivity contribution in [1.29, 1.82) is 0 Å². The molecule has 0 bridgehead atoms. The first-order valence-electron chi connectivity index (χ1n) is 17.1. The number of benzene rings is 2. The van der Waals surface area contributed by atoms with Gasteiger partial charge in [-0.1, -0.05) is 69.7 Å². The van der Waals surface area contributed by atoms with Crippen molar-refractivity contribution >= 4 is 17.5 Å². The smallest absolute Gasteiger partial charge is 0.319 e. The average molecular weight is 608 g/mol. The lowest BCUT2D eigenvalue weighted by atomic mass is 9.50. The van der Waals surface area contributed by atoms with Gasteiger partial charge < -0.3 is 15.7 Å². The summed E-state index contributed by atoms with van der Waals surface area (Å²) >= 11 is 0. The highest BCUT2D eigenvalue weighted by Gasteiger charge is 2.67. The van der Waals surface area contributed by atoms with E-state index in [9.17, 15) is 14.7 Å². The number of carbonyl (C=O) groups excluding carboxylic acids is 2. The van der Waals surface area contributed by atoms with Gasteiger partial charge in [0.2, 0.25) is 5.60 Å². The fraction of sp³-hybridized carbons (Fsp3) is 0.525. The molecular formula is C40H51N2O3+. The minimum Gasteiger partial charge on any atom is -0.351 e. The van der Waals surface area contributed by atoms with Crippen LogP contribution in [0.1, 0.15) is 109 Å². The number of hydrogen-bond acceptors (Lipinski definition) is 3. The Bertz CT molecular complexity index is 1510. The molecule has 0 radical (unpaired) electrons. The molecule has 2 aromatic carbocycles. The quantitative estimate of drug-likeness (QED) is 0.287. The summed E-state index contributed by atoms with van der Waals surface area (Å²) in [6.07, 6.45) is 10.4. The van der Waals surface area contributed by atoms with Crippen molar-refractivity contribution in [1.82, 2.24) is 5.32 Å². The van der Waals surface area contributed by atoms with Crippen molar-refractivity contribution in [3.63, 3.8) is 0 Å². The maximum absolute atomic E-state index is 12.7. The van der Waals surface area contributed by atoms with Crippen molar-refractivity contribution < 1.29 is 14.7 Å². The Morgan fingerprint density at radius 1 is 1.02 bits per heavy atom. The van der Waals surface area contributed by atoms with Gasteiger partial charge in [-0.15, -0.1) is 0 Å². The fourth-order valence-electron chi connectivity index (χ4n) is 9.10. The van der Waals surface area contributed by atoms with Gasteiger partial charge >= 0.3 is 6.03 Å². The summed E-state index contributed by atoms with van der Waals surface area (Å²) in [5.74, 6) is 1.67. The van der Waals surface area contributed by atoms with Crippen LogP contribution in [0.2, 0.25) is 0 Å². The molecule has 2 amide bonds. The van der Waals surface area contributed by atoms with Gasteiger partial charge in [0, 0.05) is 36.4 Å². The molecule has 45 heavy (non-hydrogen) atoms. The van der Waals surface area contributed by atoms with E-state index in [4.69, 9.17) is 0 Å². The second-order valence-electron chi connectivity index (χ2n) is 15.7. The number of allylic oxidation sites excluding steroid dienone is 4. The summed E-state index contributed by atoms with van der Waals surface area (Å²) < 4.78 is 0. The summed E-state index contributed by atoms with van der Waals surface area (Å²) in [6.45, 7) is 13.7. The average Bonchev–Trinajstić information content (AvgIpc) is 3.24. The highest BCUT2D eigenvalue weighted by Crippen LogP contribution is 2.67. The molecule has 5 atom stereocenters. The molecule has 3 N–H and O–H groups in total. The topological polar surface area (TPSA) is 78.4 Å². The molecule has 6 rings (SSSR count). The van der Waals surface area contributed by atoms with Crippen LogP contribution in [0.5, 0.6) is 0 Å². The number of rotatable bonds is 6. The van der Waals surface area contributed by atoms with Crippen LogP contribution in [0, 0.1) is 29.6 Å². The van der Waals surface area contributed by atoms with Crippen LogP contribution in [-0.2, 0) is 16.8 Å². The highest BCUT2D eigenvalue weighted by molar-refractivity contribution is 5.93. The predicted octanol–water partition coefficient (Wildman–Crippen LogP) is 8.80. The van der Waals surface area contributed by atoms with Crippen LogP contribution in [0.3, 0.4) is 0 Å². The third-order valence-corrected chi connectivity index (χ3v) is 11.4. The fourth-order valence-corrected chi connectivity index (χ4v) is 9.10. The number of hydrogen-bond donors (Lipinski definition) is 3. The summed E-state index contributed by atoms with van der Waals surface area (Å²) in [6, 6.07) is 16.5. The maximum atomic E-state index is 12.7. The van der Waals surface area contributed by atoms with E-state index in [1.165, 1.54) is 22.3 Å². The zero-order chi connectivity index (χ0) is 32.1. The molecular weight excluding hydrogens is 556 g/mol. The third-order valence-electron chi connectivity index (χ3n) is 11.4. The van der Waals surface area contributed by atoms with Gasteiger partial charge in [-0.05, 0) is 109 Å². The summed E-state index contributed by atoms with van der Waals surface area (Å²) in [5.41, 5.74) is 7.64. The molecule has 4 aliphatic carbocycles. The number of nitrogens with one attached hydrogen (secondary N) is 2. The monoisotopic (exact) mass is 607 g/mol. The van der Waals surface area contributed by atoms with Gasteiger partial charge in [0.05, 0.1) is 5.92 Å². The zero-order valence-electron chi connectivity index (χ0n) is 28.0. The Morgan fingerprint density at radius 2 is 1.73 bits per heavy atom. The molecule has 5 heteroatoms. The van der Waals surface area contributed by atoms with E-state index < -0.39 is 5.60 Å². The van der Waals surface area contributed by atoms with Crippen molar-refractivity contribution in [2.24, 2.45) is 23.2 Å². The van der Waals surface area contributed by atoms with Crippen LogP contribution in [0.4, 0.5) is 10.5 Å². The SMILES string of the molecule is CC(C)[CH+]C1(O)CCC2C3CCC4=CC(=O)CCC4=C3C(c3ccc(CNC(=O)Nc4ccc(C(C)(C)C)cc4)cc3)CC21C. The summed E-state index contributed by atoms with van der Waals surface area (Å²) in [5, 5.41) is 18.1. The molecule has 0 saturated heterocycles. The second kappa shape index (κ2) is 11.8. The predicted molar refractivity (Wildman–Crippen MR) is 182 cm³/mol. The van der Waals surface area contributed by atoms with Crippen LogP contribution in [0.15, 0.2) is 71.3 Å². The number of anilines is 1. The number of urea groups is 1. The minimum absolute atomic E-state index is 0.0678. The third kappa shape index (κ3) is 6.01. The number of aliphatic hydroxyl groups is 1. The van der Waals surface area contributed by atoms with E-state index in [1.807, 2.05) is 18.2 Å². The lowest BCUT2D eigenvalue weighted by Gasteiger charge is -2.52. The Balaban J connectivity index is 1.22. The van der Waals surface area contributed by atoms with E-state index in [1.54, 1.807) is 5.57 Å². The molecule has 5 unspecified atom stereocenters. The number of carbonyl (C=O) groups is 2. The Labute approximate surface area is 270 Å². The highest BCUT2D eigenvalue weighted by atomic mass is 16.3. The lowest BCUT2D eigenvalue weighted by molar-refractivity contribution is -0.114. The first kappa shape index (κ1) is 31.7. The molecule has 4 aliphatic rings. The first-order valence-corrected chi connectivity index (χ1v) is 17.1. The van der Waals surface area contributed by atoms with E-state index in [0.717, 1.165) is 49.8 Å². The first-order chi connectivity index (χ1) is 21.3. The van der Waals surface area contributed by atoms with Gasteiger partial charge in [-0.2, -0.15) is 0 Å². The molecule has 2 fully saturated rings. The van der Waals surface area contributed by atoms with Crippen LogP contribution >= 0.6 is 0 Å². The van der Waals surface area contributed by atoms with Gasteiger partial charge in [0.15, 0.2) is 5.78 Å². The van der Waals surface area contributed by atoms with Gasteiger partial charge in [0.1, 0.15) is 6.42 Å². The van der Waals surface area contributed by atoms with Crippen LogP contribution in [-0.4, -0.2) is 22.5 Å². The Morgan fingerprint density at radius 3 is 2.40 bits per heavy atom. The zero-order valence-corrected chi connectivity index (χ0v) is 28.0. The van der Waals surface area contributed by atoms with Gasteiger partial charge in [0.25, 0.3) is 0 Å². The molecule has 238 valence electrons. The van der Waals surface area contributed by atoms with E-state index >= 15 is 0 Å². The van der Waals surface area contributed by atoms with E-state index in [-0.39, 0.29) is 28.6 Å². The van der Waals surface area contributed by atoms with Gasteiger partial charge in [-0.3, -0.25) is 4.79 Å². The standard InChI is InChI=1S/C40H50N2O3/c1-25(2)22-40(45)20-19-35-33-17-11-28-21-31(43)16-18-32(28)36(33)34(23-39(35,40)6)27-9-7-26(8-10-27)24-41-37(44)42-30-14-12-29(13-15-30)38(3,4)5/h7-10,12-15,21-22,25,33-35,45H,11,16-20,23-24H2,1-6H3,(H-,41,42,44)/p+1. The second-order valence-corrected chi connectivity index (χ2v) is 15.7. The Kier molecular flexibility index (Phi) is 8.31. The van der Waals surface area contributed by atoms with Crippen molar-refractivity contribution in [3.05, 3.63) is 94.4 Å². The van der Waals surface area contributed by atoms with Crippen molar-refractivity contribution in [2.45, 2.75) is 110 Å². The minimum atomic E-state index is -0.775. The number of ketones is 1. The molecule has 2 saturated carbocycles. The van der Waals surface area contributed by atoms with E-state index in [0.29, 0.717) is 30.7 Å². The molecule has 0 spiro atoms. The Hall–Kier alpha value is -3.31. The van der Waals surface area contributed by atoms with Crippen molar-refractivity contribution in [2.75, 3.05) is 5.32 Å². The van der Waals surface area contributed by atoms with Crippen LogP contribution in [0.25, 0.3) is 0 Å². The lowest BCUT2D eigenvalue weighted by Crippen LogP contribution is -2.52. The molecule has 0 aromatic heterocycles.